The zero-order valence-corrected chi connectivity index (χ0v) is 18.5. The molecule has 0 bridgehead atoms. The van der Waals surface area contributed by atoms with Crippen LogP contribution in [0.4, 0.5) is 4.79 Å². The number of esters is 1. The predicted octanol–water partition coefficient (Wildman–Crippen LogP) is 2.44. The van der Waals surface area contributed by atoms with Crippen LogP contribution in [0, 0.1) is 5.92 Å². The zero-order chi connectivity index (χ0) is 22.8. The highest BCUT2D eigenvalue weighted by Gasteiger charge is 2.45. The van der Waals surface area contributed by atoms with Crippen molar-refractivity contribution >= 4 is 24.0 Å². The van der Waals surface area contributed by atoms with E-state index in [1.54, 1.807) is 11.0 Å². The predicted molar refractivity (Wildman–Crippen MR) is 118 cm³/mol. The lowest BCUT2D eigenvalue weighted by Gasteiger charge is -2.28. The molecule has 1 aliphatic carbocycles. The molecule has 2 fully saturated rings. The van der Waals surface area contributed by atoms with Crippen LogP contribution < -0.4 is 5.73 Å². The number of methoxy groups -OCH3 is 1. The molecule has 2 amide bonds. The Labute approximate surface area is 188 Å². The van der Waals surface area contributed by atoms with E-state index in [9.17, 15) is 14.4 Å². The molecule has 8 heteroatoms. The average Bonchev–Trinajstić information content (AvgIpc) is 3.56. The van der Waals surface area contributed by atoms with Gasteiger partial charge in [0.05, 0.1) is 26.2 Å². The summed E-state index contributed by atoms with van der Waals surface area (Å²) in [6.45, 7) is 4.88. The summed E-state index contributed by atoms with van der Waals surface area (Å²) in [6, 6.07) is 4.46. The number of fused-ring (bicyclic) bond motifs is 1. The highest BCUT2D eigenvalue weighted by atomic mass is 16.6. The fraction of sp³-hybridized carbons (Fsp3) is 0.542. The van der Waals surface area contributed by atoms with Gasteiger partial charge in [0.25, 0.3) is 0 Å². The Bertz CT molecular complexity index is 911. The summed E-state index contributed by atoms with van der Waals surface area (Å²) in [5.74, 6) is -0.653. The number of benzene rings is 1. The van der Waals surface area contributed by atoms with Crippen molar-refractivity contribution in [2.24, 2.45) is 11.7 Å². The standard InChI is InChI=1S/C24H31N3O5/c1-3-15-9-6-10-17-12-26(14-19(15)17)24(30)32-18-11-20(23(29)31-2)27(13-18)22(28)21(25)16-7-4-5-8-16/h3,6,9-10,16,18,20-21H,1,4-5,7-8,11-14,25H2,2H3/t18-,20+,21+/m1/s1. The number of ether oxygens (including phenoxy) is 2. The van der Waals surface area contributed by atoms with Crippen LogP contribution >= 0.6 is 0 Å². The Kier molecular flexibility index (Phi) is 6.50. The molecule has 8 nitrogen and oxygen atoms in total. The van der Waals surface area contributed by atoms with Crippen LogP contribution in [0.25, 0.3) is 6.08 Å². The number of likely N-dealkylation sites (tertiary alicyclic amines) is 1. The molecular weight excluding hydrogens is 410 g/mol. The number of nitrogens with two attached hydrogens (primary N) is 1. The molecule has 0 spiro atoms. The Morgan fingerprint density at radius 1 is 1.22 bits per heavy atom. The molecule has 172 valence electrons. The third-order valence-corrected chi connectivity index (χ3v) is 6.98. The number of amides is 2. The second-order valence-corrected chi connectivity index (χ2v) is 8.89. The lowest BCUT2D eigenvalue weighted by molar-refractivity contribution is -0.151. The summed E-state index contributed by atoms with van der Waals surface area (Å²) in [6.07, 6.45) is 4.92. The molecule has 3 atom stereocenters. The molecule has 1 aromatic carbocycles. The van der Waals surface area contributed by atoms with Crippen molar-refractivity contribution in [1.29, 1.82) is 0 Å². The van der Waals surface area contributed by atoms with Crippen LogP contribution in [-0.2, 0) is 32.2 Å². The lowest BCUT2D eigenvalue weighted by Crippen LogP contribution is -2.51. The van der Waals surface area contributed by atoms with E-state index in [0.717, 1.165) is 42.4 Å². The number of carbonyl (C=O) groups excluding carboxylic acids is 3. The van der Waals surface area contributed by atoms with Crippen molar-refractivity contribution in [1.82, 2.24) is 9.80 Å². The summed E-state index contributed by atoms with van der Waals surface area (Å²) in [5, 5.41) is 0. The van der Waals surface area contributed by atoms with Crippen LogP contribution in [-0.4, -0.2) is 59.6 Å². The largest absolute Gasteiger partial charge is 0.467 e. The van der Waals surface area contributed by atoms with Crippen molar-refractivity contribution < 1.29 is 23.9 Å². The molecule has 1 saturated heterocycles. The van der Waals surface area contributed by atoms with Crippen molar-refractivity contribution in [3.63, 3.8) is 0 Å². The maximum atomic E-state index is 13.1. The van der Waals surface area contributed by atoms with E-state index < -0.39 is 30.3 Å². The minimum absolute atomic E-state index is 0.129. The van der Waals surface area contributed by atoms with E-state index in [-0.39, 0.29) is 24.8 Å². The fourth-order valence-electron chi connectivity index (χ4n) is 5.18. The van der Waals surface area contributed by atoms with Gasteiger partial charge in [-0.3, -0.25) is 9.69 Å². The SMILES string of the molecule is C=Cc1cccc2c1CN(C(=O)O[C@@H]1C[C@@H](C(=O)OC)N(C(=O)[C@@H](N)C3CCCC3)C1)C2. The van der Waals surface area contributed by atoms with Crippen molar-refractivity contribution in [3.8, 4) is 0 Å². The number of rotatable bonds is 5. The Morgan fingerprint density at radius 2 is 1.97 bits per heavy atom. The number of hydrogen-bond acceptors (Lipinski definition) is 6. The van der Waals surface area contributed by atoms with Crippen LogP contribution in [0.5, 0.6) is 0 Å². The van der Waals surface area contributed by atoms with Gasteiger partial charge in [-0.25, -0.2) is 9.59 Å². The zero-order valence-electron chi connectivity index (χ0n) is 18.5. The highest BCUT2D eigenvalue weighted by Crippen LogP contribution is 2.31. The molecule has 3 aliphatic rings. The average molecular weight is 442 g/mol. The Morgan fingerprint density at radius 3 is 2.66 bits per heavy atom. The number of carbonyl (C=O) groups is 3. The normalized spacial score (nSPS) is 23.7. The van der Waals surface area contributed by atoms with Gasteiger partial charge in [0.1, 0.15) is 12.1 Å². The van der Waals surface area contributed by atoms with Crippen LogP contribution in [0.3, 0.4) is 0 Å². The first kappa shape index (κ1) is 22.3. The van der Waals surface area contributed by atoms with Gasteiger partial charge >= 0.3 is 12.1 Å². The number of hydrogen-bond donors (Lipinski definition) is 1. The Balaban J connectivity index is 1.42. The molecule has 4 rings (SSSR count). The van der Waals surface area contributed by atoms with Gasteiger partial charge in [-0.2, -0.15) is 0 Å². The van der Waals surface area contributed by atoms with E-state index in [2.05, 4.69) is 6.58 Å². The summed E-state index contributed by atoms with van der Waals surface area (Å²) in [7, 11) is 1.29. The molecule has 1 aromatic rings. The smallest absolute Gasteiger partial charge is 0.410 e. The van der Waals surface area contributed by atoms with Crippen LogP contribution in [0.2, 0.25) is 0 Å². The second kappa shape index (κ2) is 9.32. The van der Waals surface area contributed by atoms with Gasteiger partial charge in [-0.05, 0) is 35.4 Å². The molecule has 2 aliphatic heterocycles. The monoisotopic (exact) mass is 441 g/mol. The Hall–Kier alpha value is -2.87. The van der Waals surface area contributed by atoms with Crippen LogP contribution in [0.1, 0.15) is 48.8 Å². The van der Waals surface area contributed by atoms with Gasteiger partial charge < -0.3 is 20.1 Å². The van der Waals surface area contributed by atoms with E-state index in [0.29, 0.717) is 13.1 Å². The minimum Gasteiger partial charge on any atom is -0.467 e. The molecule has 2 heterocycles. The molecule has 32 heavy (non-hydrogen) atoms. The van der Waals surface area contributed by atoms with E-state index in [4.69, 9.17) is 15.2 Å². The summed E-state index contributed by atoms with van der Waals surface area (Å²) >= 11 is 0. The first-order chi connectivity index (χ1) is 15.4. The fourth-order valence-corrected chi connectivity index (χ4v) is 5.18. The van der Waals surface area contributed by atoms with E-state index in [1.807, 2.05) is 18.2 Å². The summed E-state index contributed by atoms with van der Waals surface area (Å²) in [4.78, 5) is 41.4. The third kappa shape index (κ3) is 4.24. The van der Waals surface area contributed by atoms with Gasteiger partial charge in [0.2, 0.25) is 5.91 Å². The molecule has 2 N–H and O–H groups in total. The van der Waals surface area contributed by atoms with Gasteiger partial charge in [-0.15, -0.1) is 0 Å². The van der Waals surface area contributed by atoms with E-state index in [1.165, 1.54) is 12.0 Å². The molecule has 0 unspecified atom stereocenters. The quantitative estimate of drug-likeness (QED) is 0.704. The van der Waals surface area contributed by atoms with E-state index >= 15 is 0 Å². The molecular formula is C24H31N3O5. The second-order valence-electron chi connectivity index (χ2n) is 8.89. The molecule has 1 saturated carbocycles. The number of nitrogens with zero attached hydrogens (tertiary/aromatic N) is 2. The maximum Gasteiger partial charge on any atom is 0.410 e. The third-order valence-electron chi connectivity index (χ3n) is 6.98. The minimum atomic E-state index is -0.791. The highest BCUT2D eigenvalue weighted by molar-refractivity contribution is 5.88. The first-order valence-corrected chi connectivity index (χ1v) is 11.3. The summed E-state index contributed by atoms with van der Waals surface area (Å²) in [5.41, 5.74) is 9.40. The maximum absolute atomic E-state index is 13.1. The van der Waals surface area contributed by atoms with Crippen molar-refractivity contribution in [3.05, 3.63) is 41.5 Å². The molecule has 0 aromatic heterocycles. The van der Waals surface area contributed by atoms with Gasteiger partial charge in [0, 0.05) is 13.0 Å². The summed E-state index contributed by atoms with van der Waals surface area (Å²) < 4.78 is 10.6. The van der Waals surface area contributed by atoms with Crippen molar-refractivity contribution in [2.45, 2.75) is 63.4 Å². The first-order valence-electron chi connectivity index (χ1n) is 11.3. The van der Waals surface area contributed by atoms with Crippen molar-refractivity contribution in [2.75, 3.05) is 13.7 Å². The topological polar surface area (TPSA) is 102 Å². The van der Waals surface area contributed by atoms with Gasteiger partial charge in [0.15, 0.2) is 0 Å². The van der Waals surface area contributed by atoms with Crippen LogP contribution in [0.15, 0.2) is 24.8 Å². The van der Waals surface area contributed by atoms with Gasteiger partial charge in [-0.1, -0.05) is 43.7 Å². The lowest BCUT2D eigenvalue weighted by atomic mass is 9.97. The molecule has 0 radical (unpaired) electrons.